The summed E-state index contributed by atoms with van der Waals surface area (Å²) in [7, 11) is 0. The smallest absolute Gasteiger partial charge is 0.354 e. The number of imidazole rings is 1. The molecule has 1 fully saturated rings. The molecule has 0 amide bonds. The van der Waals surface area contributed by atoms with Crippen LogP contribution in [-0.4, -0.2) is 45.6 Å². The van der Waals surface area contributed by atoms with E-state index in [9.17, 15) is 4.79 Å². The van der Waals surface area contributed by atoms with E-state index in [1.165, 1.54) is 19.3 Å². The van der Waals surface area contributed by atoms with Gasteiger partial charge in [0.2, 0.25) is 0 Å². The van der Waals surface area contributed by atoms with Crippen molar-refractivity contribution in [3.63, 3.8) is 0 Å². The first-order chi connectivity index (χ1) is 8.16. The molecule has 0 unspecified atom stereocenters. The number of rotatable bonds is 4. The van der Waals surface area contributed by atoms with E-state index in [0.29, 0.717) is 16.9 Å². The minimum Gasteiger partial charge on any atom is -0.477 e. The maximum atomic E-state index is 11.0. The van der Waals surface area contributed by atoms with Crippen LogP contribution in [0.1, 0.15) is 35.4 Å². The van der Waals surface area contributed by atoms with E-state index in [4.69, 9.17) is 17.3 Å². The second-order valence-corrected chi connectivity index (χ2v) is 4.80. The lowest BCUT2D eigenvalue weighted by atomic mass is 10.1. The number of nitrogens with one attached hydrogen (secondary N) is 2. The molecule has 3 N–H and O–H groups in total. The number of carboxylic acid groups (broad SMARTS) is 1. The Kier molecular flexibility index (Phi) is 3.96. The third kappa shape index (κ3) is 3.17. The summed E-state index contributed by atoms with van der Waals surface area (Å²) in [6.45, 7) is 3.13. The van der Waals surface area contributed by atoms with Crippen LogP contribution in [0.4, 0.5) is 0 Å². The van der Waals surface area contributed by atoms with Gasteiger partial charge in [0.05, 0.1) is 0 Å². The summed E-state index contributed by atoms with van der Waals surface area (Å²) >= 11 is 4.92. The van der Waals surface area contributed by atoms with Gasteiger partial charge in [0, 0.05) is 18.7 Å². The number of aromatic amines is 2. The molecule has 0 spiro atoms. The molecule has 2 rings (SSSR count). The highest BCUT2D eigenvalue weighted by Gasteiger charge is 2.15. The summed E-state index contributed by atoms with van der Waals surface area (Å²) in [6, 6.07) is 0. The first-order valence-corrected chi connectivity index (χ1v) is 6.34. The fourth-order valence-electron chi connectivity index (χ4n) is 2.24. The van der Waals surface area contributed by atoms with Gasteiger partial charge in [-0.15, -0.1) is 0 Å². The lowest BCUT2D eigenvalue weighted by molar-refractivity contribution is 0.0689. The number of hydrogen-bond donors (Lipinski definition) is 3. The highest BCUT2D eigenvalue weighted by atomic mass is 32.1. The van der Waals surface area contributed by atoms with Crippen LogP contribution in [0.15, 0.2) is 0 Å². The van der Waals surface area contributed by atoms with E-state index in [-0.39, 0.29) is 5.69 Å². The van der Waals surface area contributed by atoms with Gasteiger partial charge >= 0.3 is 5.97 Å². The largest absolute Gasteiger partial charge is 0.477 e. The van der Waals surface area contributed by atoms with E-state index < -0.39 is 5.97 Å². The van der Waals surface area contributed by atoms with Crippen molar-refractivity contribution in [3.05, 3.63) is 16.2 Å². The summed E-state index contributed by atoms with van der Waals surface area (Å²) in [5, 5.41) is 9.00. The Morgan fingerprint density at radius 1 is 1.29 bits per heavy atom. The fraction of sp³-hybridized carbons (Fsp3) is 0.636. The molecule has 1 aliphatic heterocycles. The molecule has 0 aliphatic carbocycles. The van der Waals surface area contributed by atoms with Gasteiger partial charge in [-0.2, -0.15) is 0 Å². The summed E-state index contributed by atoms with van der Waals surface area (Å²) in [5.74, 6) is -0.953. The Labute approximate surface area is 105 Å². The lowest BCUT2D eigenvalue weighted by Crippen LogP contribution is -2.31. The number of carboxylic acids is 1. The number of piperidine rings is 1. The average Bonchev–Trinajstić information content (AvgIpc) is 2.69. The molecule has 0 radical (unpaired) electrons. The van der Waals surface area contributed by atoms with Crippen LogP contribution in [0.25, 0.3) is 0 Å². The van der Waals surface area contributed by atoms with Crippen LogP contribution in [0.3, 0.4) is 0 Å². The van der Waals surface area contributed by atoms with Gasteiger partial charge in [0.15, 0.2) is 4.77 Å². The topological polar surface area (TPSA) is 72.1 Å². The maximum absolute atomic E-state index is 11.0. The number of H-pyrrole nitrogens is 2. The predicted octanol–water partition coefficient (Wildman–Crippen LogP) is 1.80. The highest BCUT2D eigenvalue weighted by molar-refractivity contribution is 7.71. The van der Waals surface area contributed by atoms with Crippen LogP contribution in [-0.2, 0) is 6.42 Å². The first-order valence-electron chi connectivity index (χ1n) is 5.93. The van der Waals surface area contributed by atoms with E-state index >= 15 is 0 Å². The Morgan fingerprint density at radius 2 is 2.00 bits per heavy atom. The van der Waals surface area contributed by atoms with Crippen molar-refractivity contribution in [2.24, 2.45) is 0 Å². The van der Waals surface area contributed by atoms with Gasteiger partial charge in [-0.25, -0.2) is 4.79 Å². The van der Waals surface area contributed by atoms with E-state index in [2.05, 4.69) is 14.9 Å². The number of nitrogens with zero attached hydrogens (tertiary/aromatic N) is 1. The molecule has 1 aromatic heterocycles. The van der Waals surface area contributed by atoms with Gasteiger partial charge in [0.1, 0.15) is 5.69 Å². The molecule has 1 saturated heterocycles. The molecule has 94 valence electrons. The van der Waals surface area contributed by atoms with Crippen LogP contribution in [0.5, 0.6) is 0 Å². The Balaban J connectivity index is 1.98. The second-order valence-electron chi connectivity index (χ2n) is 4.39. The van der Waals surface area contributed by atoms with E-state index in [0.717, 1.165) is 19.6 Å². The normalized spacial score (nSPS) is 17.2. The molecule has 2 heterocycles. The molecule has 0 bridgehead atoms. The minimum absolute atomic E-state index is 0.201. The Hall–Kier alpha value is -1.14. The molecule has 5 nitrogen and oxygen atoms in total. The van der Waals surface area contributed by atoms with Gasteiger partial charge in [0.25, 0.3) is 0 Å². The average molecular weight is 255 g/mol. The van der Waals surface area contributed by atoms with Gasteiger partial charge < -0.3 is 20.0 Å². The molecule has 1 aromatic rings. The summed E-state index contributed by atoms with van der Waals surface area (Å²) in [5.41, 5.74) is 0.903. The quantitative estimate of drug-likeness (QED) is 0.717. The Bertz CT molecular complexity index is 446. The molecule has 6 heteroatoms. The molecular weight excluding hydrogens is 238 g/mol. The number of aromatic nitrogens is 2. The van der Waals surface area contributed by atoms with Crippen molar-refractivity contribution >= 4 is 18.2 Å². The summed E-state index contributed by atoms with van der Waals surface area (Å²) in [6.07, 6.45) is 4.50. The van der Waals surface area contributed by atoms with Crippen LogP contribution < -0.4 is 0 Å². The fourth-order valence-corrected chi connectivity index (χ4v) is 2.47. The summed E-state index contributed by atoms with van der Waals surface area (Å²) in [4.78, 5) is 18.9. The zero-order chi connectivity index (χ0) is 12.3. The SMILES string of the molecule is O=C(O)c1[nH]c(=S)[nH]c1CCN1CCCCC1. The van der Waals surface area contributed by atoms with Crippen molar-refractivity contribution < 1.29 is 9.90 Å². The van der Waals surface area contributed by atoms with Gasteiger partial charge in [-0.1, -0.05) is 6.42 Å². The molecule has 17 heavy (non-hydrogen) atoms. The standard InChI is InChI=1S/C11H17N3O2S/c15-10(16)9-8(12-11(17)13-9)4-7-14-5-2-1-3-6-14/h1-7H2,(H,15,16)(H2,12,13,17). The molecule has 1 aliphatic rings. The molecule has 0 aromatic carbocycles. The van der Waals surface area contributed by atoms with Crippen molar-refractivity contribution in [2.45, 2.75) is 25.7 Å². The van der Waals surface area contributed by atoms with Crippen molar-refractivity contribution in [1.82, 2.24) is 14.9 Å². The van der Waals surface area contributed by atoms with Crippen molar-refractivity contribution in [3.8, 4) is 0 Å². The molecule has 0 saturated carbocycles. The number of hydrogen-bond acceptors (Lipinski definition) is 3. The zero-order valence-corrected chi connectivity index (χ0v) is 10.5. The number of likely N-dealkylation sites (tertiary alicyclic amines) is 1. The monoisotopic (exact) mass is 255 g/mol. The van der Waals surface area contributed by atoms with Gasteiger partial charge in [-0.05, 0) is 38.1 Å². The zero-order valence-electron chi connectivity index (χ0n) is 9.66. The van der Waals surface area contributed by atoms with Gasteiger partial charge in [-0.3, -0.25) is 0 Å². The second kappa shape index (κ2) is 5.46. The summed E-state index contributed by atoms with van der Waals surface area (Å²) < 4.78 is 0.385. The Morgan fingerprint density at radius 3 is 2.65 bits per heavy atom. The van der Waals surface area contributed by atoms with E-state index in [1.807, 2.05) is 0 Å². The van der Waals surface area contributed by atoms with Crippen molar-refractivity contribution in [2.75, 3.05) is 19.6 Å². The lowest BCUT2D eigenvalue weighted by Gasteiger charge is -2.26. The number of carbonyl (C=O) groups is 1. The third-order valence-electron chi connectivity index (χ3n) is 3.15. The van der Waals surface area contributed by atoms with E-state index in [1.54, 1.807) is 0 Å². The first kappa shape index (κ1) is 12.3. The van der Waals surface area contributed by atoms with Crippen LogP contribution in [0.2, 0.25) is 0 Å². The van der Waals surface area contributed by atoms with Crippen LogP contribution >= 0.6 is 12.2 Å². The number of aromatic carboxylic acids is 1. The highest BCUT2D eigenvalue weighted by Crippen LogP contribution is 2.11. The molecule has 0 atom stereocenters. The minimum atomic E-state index is -0.953. The molecular formula is C11H17N3O2S. The van der Waals surface area contributed by atoms with Crippen LogP contribution in [0, 0.1) is 4.77 Å². The third-order valence-corrected chi connectivity index (χ3v) is 3.35. The van der Waals surface area contributed by atoms with Crippen molar-refractivity contribution in [1.29, 1.82) is 0 Å². The predicted molar refractivity (Wildman–Crippen MR) is 66.9 cm³/mol. The maximum Gasteiger partial charge on any atom is 0.354 e.